The van der Waals surface area contributed by atoms with Crippen LogP contribution in [0.1, 0.15) is 21.5 Å². The molecule has 1 aliphatic rings. The second-order valence-corrected chi connectivity index (χ2v) is 6.48. The summed E-state index contributed by atoms with van der Waals surface area (Å²) in [4.78, 5) is 25.9. The molecule has 23 heavy (non-hydrogen) atoms. The Morgan fingerprint density at radius 2 is 1.78 bits per heavy atom. The van der Waals surface area contributed by atoms with E-state index in [-0.39, 0.29) is 0 Å². The Morgan fingerprint density at radius 1 is 1.09 bits per heavy atom. The van der Waals surface area contributed by atoms with Crippen LogP contribution >= 0.6 is 15.9 Å². The molecule has 0 bridgehead atoms. The van der Waals surface area contributed by atoms with Gasteiger partial charge in [0.1, 0.15) is 12.4 Å². The Kier molecular flexibility index (Phi) is 4.22. The summed E-state index contributed by atoms with van der Waals surface area (Å²) in [6.07, 6.45) is 0. The van der Waals surface area contributed by atoms with Gasteiger partial charge in [-0.15, -0.1) is 0 Å². The van der Waals surface area contributed by atoms with Crippen LogP contribution in [0.4, 0.5) is 5.69 Å². The van der Waals surface area contributed by atoms with Gasteiger partial charge >= 0.3 is 0 Å². The molecule has 2 aromatic rings. The number of carbonyl (C=O) groups is 2. The zero-order chi connectivity index (χ0) is 16.6. The number of anilines is 1. The van der Waals surface area contributed by atoms with Crippen molar-refractivity contribution in [1.29, 1.82) is 0 Å². The predicted molar refractivity (Wildman–Crippen MR) is 92.2 cm³/mol. The lowest BCUT2D eigenvalue weighted by Crippen LogP contribution is -2.33. The number of nitrogens with zero attached hydrogens (tertiary/aromatic N) is 1. The number of halogens is 1. The fourth-order valence-corrected chi connectivity index (χ4v) is 3.28. The van der Waals surface area contributed by atoms with E-state index in [0.717, 1.165) is 21.3 Å². The Balaban J connectivity index is 1.75. The van der Waals surface area contributed by atoms with Crippen molar-refractivity contribution in [3.05, 3.63) is 57.6 Å². The number of fused-ring (bicyclic) bond motifs is 1. The molecule has 1 heterocycles. The number of aryl methyl sites for hydroxylation is 2. The average Bonchev–Trinajstić information content (AvgIpc) is 2.74. The highest BCUT2D eigenvalue weighted by Gasteiger charge is 2.37. The minimum Gasteiger partial charge on any atom is -0.492 e. The third-order valence-corrected chi connectivity index (χ3v) is 4.28. The third-order valence-electron chi connectivity index (χ3n) is 3.82. The summed E-state index contributed by atoms with van der Waals surface area (Å²) in [5.41, 5.74) is 3.20. The van der Waals surface area contributed by atoms with Gasteiger partial charge in [-0.1, -0.05) is 33.6 Å². The highest BCUT2D eigenvalue weighted by atomic mass is 79.9. The molecule has 3 rings (SSSR count). The maximum absolute atomic E-state index is 12.2. The molecule has 2 aromatic carbocycles. The summed E-state index contributed by atoms with van der Waals surface area (Å²) < 4.78 is 6.47. The van der Waals surface area contributed by atoms with E-state index >= 15 is 0 Å². The predicted octanol–water partition coefficient (Wildman–Crippen LogP) is 3.67. The van der Waals surface area contributed by atoms with Gasteiger partial charge in [0.25, 0.3) is 11.7 Å². The highest BCUT2D eigenvalue weighted by molar-refractivity contribution is 9.10. The van der Waals surface area contributed by atoms with Gasteiger partial charge < -0.3 is 9.64 Å². The SMILES string of the molecule is Cc1ccc(OCCN2C(=O)C(=O)c3cc(Br)cc(C)c32)cc1. The first-order valence-electron chi connectivity index (χ1n) is 7.33. The van der Waals surface area contributed by atoms with E-state index < -0.39 is 11.7 Å². The molecule has 0 N–H and O–H groups in total. The van der Waals surface area contributed by atoms with Crippen LogP contribution in [-0.4, -0.2) is 24.8 Å². The maximum atomic E-state index is 12.2. The maximum Gasteiger partial charge on any atom is 0.299 e. The molecule has 0 unspecified atom stereocenters. The van der Waals surface area contributed by atoms with Crippen LogP contribution in [0.25, 0.3) is 0 Å². The van der Waals surface area contributed by atoms with Crippen molar-refractivity contribution in [2.45, 2.75) is 13.8 Å². The molecule has 0 radical (unpaired) electrons. The molecule has 0 aliphatic carbocycles. The number of rotatable bonds is 4. The van der Waals surface area contributed by atoms with Crippen LogP contribution in [0.2, 0.25) is 0 Å². The number of carbonyl (C=O) groups excluding carboxylic acids is 2. The van der Waals surface area contributed by atoms with Crippen LogP contribution in [0, 0.1) is 13.8 Å². The molecule has 4 nitrogen and oxygen atoms in total. The Labute approximate surface area is 143 Å². The lowest BCUT2D eigenvalue weighted by Gasteiger charge is -2.19. The van der Waals surface area contributed by atoms with Crippen LogP contribution < -0.4 is 9.64 Å². The summed E-state index contributed by atoms with van der Waals surface area (Å²) in [5, 5.41) is 0. The summed E-state index contributed by atoms with van der Waals surface area (Å²) in [6.45, 7) is 4.57. The van der Waals surface area contributed by atoms with Crippen molar-refractivity contribution in [2.24, 2.45) is 0 Å². The largest absolute Gasteiger partial charge is 0.492 e. The van der Waals surface area contributed by atoms with E-state index in [4.69, 9.17) is 4.74 Å². The fourth-order valence-electron chi connectivity index (χ4n) is 2.71. The summed E-state index contributed by atoms with van der Waals surface area (Å²) >= 11 is 3.37. The van der Waals surface area contributed by atoms with Crippen molar-refractivity contribution in [2.75, 3.05) is 18.1 Å². The van der Waals surface area contributed by atoms with Crippen molar-refractivity contribution in [3.8, 4) is 5.75 Å². The number of amides is 1. The summed E-state index contributed by atoms with van der Waals surface area (Å²) in [5.74, 6) is -0.199. The lowest BCUT2D eigenvalue weighted by atomic mass is 10.1. The Morgan fingerprint density at radius 3 is 2.48 bits per heavy atom. The average molecular weight is 374 g/mol. The normalized spacial score (nSPS) is 13.4. The molecule has 0 spiro atoms. The van der Waals surface area contributed by atoms with E-state index in [9.17, 15) is 9.59 Å². The van der Waals surface area contributed by atoms with E-state index in [1.807, 2.05) is 44.2 Å². The van der Waals surface area contributed by atoms with Crippen LogP contribution in [0.5, 0.6) is 5.75 Å². The van der Waals surface area contributed by atoms with Gasteiger partial charge in [0.15, 0.2) is 0 Å². The Hall–Kier alpha value is -2.14. The van der Waals surface area contributed by atoms with E-state index in [0.29, 0.717) is 24.4 Å². The number of hydrogen-bond acceptors (Lipinski definition) is 3. The fraction of sp³-hybridized carbons (Fsp3) is 0.222. The molecule has 0 fully saturated rings. The quantitative estimate of drug-likeness (QED) is 0.768. The molecule has 5 heteroatoms. The smallest absolute Gasteiger partial charge is 0.299 e. The van der Waals surface area contributed by atoms with Crippen molar-refractivity contribution in [3.63, 3.8) is 0 Å². The first kappa shape index (κ1) is 15.7. The molecule has 118 valence electrons. The van der Waals surface area contributed by atoms with Crippen molar-refractivity contribution >= 4 is 33.3 Å². The minimum atomic E-state index is -0.492. The standard InChI is InChI=1S/C18H16BrNO3/c1-11-3-5-14(6-4-11)23-8-7-20-16-12(2)9-13(19)10-15(16)17(21)18(20)22/h3-6,9-10H,7-8H2,1-2H3. The molecule has 1 amide bonds. The molecule has 1 aliphatic heterocycles. The first-order valence-corrected chi connectivity index (χ1v) is 8.12. The summed E-state index contributed by atoms with van der Waals surface area (Å²) in [7, 11) is 0. The van der Waals surface area contributed by atoms with Crippen LogP contribution in [0.3, 0.4) is 0 Å². The van der Waals surface area contributed by atoms with Gasteiger partial charge in [-0.05, 0) is 43.7 Å². The second kappa shape index (κ2) is 6.16. The van der Waals surface area contributed by atoms with Gasteiger partial charge in [-0.25, -0.2) is 0 Å². The molecular formula is C18H16BrNO3. The number of ether oxygens (including phenoxy) is 1. The lowest BCUT2D eigenvalue weighted by molar-refractivity contribution is -0.114. The first-order chi connectivity index (χ1) is 11.0. The number of benzene rings is 2. The van der Waals surface area contributed by atoms with Gasteiger partial charge in [-0.2, -0.15) is 0 Å². The number of Topliss-reactive ketones (excluding diaryl/α,β-unsaturated/α-hetero) is 1. The van der Waals surface area contributed by atoms with Gasteiger partial charge in [0.05, 0.1) is 17.8 Å². The Bertz CT molecular complexity index is 784. The van der Waals surface area contributed by atoms with E-state index in [2.05, 4.69) is 15.9 Å². The van der Waals surface area contributed by atoms with E-state index in [1.54, 1.807) is 6.07 Å². The van der Waals surface area contributed by atoms with Crippen molar-refractivity contribution < 1.29 is 14.3 Å². The number of hydrogen-bond donors (Lipinski definition) is 0. The van der Waals surface area contributed by atoms with Gasteiger partial charge in [0, 0.05) is 4.47 Å². The van der Waals surface area contributed by atoms with Gasteiger partial charge in [0.2, 0.25) is 0 Å². The highest BCUT2D eigenvalue weighted by Crippen LogP contribution is 2.34. The molecule has 0 saturated carbocycles. The molecule has 0 atom stereocenters. The third kappa shape index (κ3) is 3.01. The zero-order valence-corrected chi connectivity index (χ0v) is 14.5. The molecular weight excluding hydrogens is 358 g/mol. The molecule has 0 aromatic heterocycles. The second-order valence-electron chi connectivity index (χ2n) is 5.57. The van der Waals surface area contributed by atoms with Crippen molar-refractivity contribution in [1.82, 2.24) is 0 Å². The monoisotopic (exact) mass is 373 g/mol. The minimum absolute atomic E-state index is 0.330. The topological polar surface area (TPSA) is 46.6 Å². The molecule has 0 saturated heterocycles. The van der Waals surface area contributed by atoms with Crippen LogP contribution in [-0.2, 0) is 4.79 Å². The number of ketones is 1. The van der Waals surface area contributed by atoms with E-state index in [1.165, 1.54) is 4.90 Å². The van der Waals surface area contributed by atoms with Crippen LogP contribution in [0.15, 0.2) is 40.9 Å². The zero-order valence-electron chi connectivity index (χ0n) is 12.9. The van der Waals surface area contributed by atoms with Gasteiger partial charge in [-0.3, -0.25) is 9.59 Å². The summed E-state index contributed by atoms with van der Waals surface area (Å²) in [6, 6.07) is 11.3.